The normalized spacial score (nSPS) is 16.2. The van der Waals surface area contributed by atoms with Gasteiger partial charge in [-0.1, -0.05) is 11.6 Å². The molecule has 0 unspecified atom stereocenters. The molecule has 4 N–H and O–H groups in total. The van der Waals surface area contributed by atoms with Crippen LogP contribution >= 0.6 is 11.6 Å². The summed E-state index contributed by atoms with van der Waals surface area (Å²) in [5, 5.41) is 9.53. The topological polar surface area (TPSA) is 107 Å². The van der Waals surface area contributed by atoms with Crippen molar-refractivity contribution in [3.05, 3.63) is 22.7 Å². The first-order valence-electron chi connectivity index (χ1n) is 8.79. The number of nitrogens with zero attached hydrogens (tertiary/aromatic N) is 2. The lowest BCUT2D eigenvalue weighted by molar-refractivity contribution is -0.252. The van der Waals surface area contributed by atoms with Crippen molar-refractivity contribution >= 4 is 35.1 Å². The van der Waals surface area contributed by atoms with E-state index in [0.717, 1.165) is 12.1 Å². The molecule has 0 radical (unpaired) electrons. The highest BCUT2D eigenvalue weighted by Crippen LogP contribution is 2.40. The molecule has 9 nitrogen and oxygen atoms in total. The van der Waals surface area contributed by atoms with Gasteiger partial charge in [-0.05, 0) is 31.9 Å². The number of hydrogen-bond donors (Lipinski definition) is 4. The molecular weight excluding hydrogens is 436 g/mol. The number of amides is 2. The maximum absolute atomic E-state index is 13.4. The fourth-order valence-corrected chi connectivity index (χ4v) is 2.73. The molecule has 0 aromatic heterocycles. The van der Waals surface area contributed by atoms with Crippen molar-refractivity contribution in [3.63, 3.8) is 0 Å². The molecule has 14 heteroatoms. The molecule has 0 saturated heterocycles. The molecule has 0 spiro atoms. The van der Waals surface area contributed by atoms with Gasteiger partial charge in [-0.15, -0.1) is 10.6 Å². The Kier molecular flexibility index (Phi) is 6.22. The van der Waals surface area contributed by atoms with Crippen LogP contribution in [-0.2, 0) is 4.79 Å². The lowest BCUT2D eigenvalue weighted by Gasteiger charge is -2.21. The van der Waals surface area contributed by atoms with Gasteiger partial charge in [0.25, 0.3) is 5.91 Å². The Bertz CT molecular complexity index is 881. The third-order valence-electron chi connectivity index (χ3n) is 4.19. The van der Waals surface area contributed by atoms with E-state index in [1.165, 1.54) is 5.01 Å². The van der Waals surface area contributed by atoms with E-state index in [1.54, 1.807) is 6.92 Å². The van der Waals surface area contributed by atoms with Crippen molar-refractivity contribution in [2.24, 2.45) is 11.0 Å². The van der Waals surface area contributed by atoms with E-state index in [2.05, 4.69) is 31.5 Å². The fraction of sp³-hybridized carbons (Fsp3) is 0.438. The highest BCUT2D eigenvalue weighted by atomic mass is 35.5. The van der Waals surface area contributed by atoms with Crippen LogP contribution in [0, 0.1) is 5.92 Å². The van der Waals surface area contributed by atoms with Gasteiger partial charge in [0.05, 0.1) is 10.6 Å². The third-order valence-corrected chi connectivity index (χ3v) is 4.58. The Hall–Kier alpha value is -2.80. The molecule has 2 amide bonds. The van der Waals surface area contributed by atoms with Crippen molar-refractivity contribution in [1.82, 2.24) is 21.4 Å². The zero-order valence-corrected chi connectivity index (χ0v) is 16.2. The largest absolute Gasteiger partial charge is 0.461 e. The molecule has 2 aliphatic rings. The monoisotopic (exact) mass is 452 g/mol. The van der Waals surface area contributed by atoms with Gasteiger partial charge in [-0.25, -0.2) is 5.53 Å². The Morgan fingerprint density at radius 3 is 2.67 bits per heavy atom. The van der Waals surface area contributed by atoms with Crippen LogP contribution in [0.25, 0.3) is 0 Å². The molecule has 30 heavy (non-hydrogen) atoms. The number of alkyl halides is 4. The number of ether oxygens (including phenoxy) is 1. The summed E-state index contributed by atoms with van der Waals surface area (Å²) in [6, 6.07) is 1.86. The van der Waals surface area contributed by atoms with Gasteiger partial charge in [0.15, 0.2) is 5.75 Å². The summed E-state index contributed by atoms with van der Waals surface area (Å²) in [7, 11) is 0. The fourth-order valence-electron chi connectivity index (χ4n) is 2.44. The summed E-state index contributed by atoms with van der Waals surface area (Å²) < 4.78 is 56.0. The van der Waals surface area contributed by atoms with Gasteiger partial charge < -0.3 is 10.1 Å². The van der Waals surface area contributed by atoms with Gasteiger partial charge in [0, 0.05) is 12.5 Å². The number of hydrogen-bond acceptors (Lipinski definition) is 7. The van der Waals surface area contributed by atoms with E-state index < -0.39 is 40.8 Å². The van der Waals surface area contributed by atoms with Crippen LogP contribution in [0.3, 0.4) is 0 Å². The Morgan fingerprint density at radius 2 is 2.07 bits per heavy atom. The minimum Gasteiger partial charge on any atom is -0.426 e. The van der Waals surface area contributed by atoms with Crippen LogP contribution in [0.15, 0.2) is 17.2 Å². The Balaban J connectivity index is 1.91. The van der Waals surface area contributed by atoms with E-state index in [4.69, 9.17) is 11.6 Å². The van der Waals surface area contributed by atoms with Gasteiger partial charge >= 0.3 is 12.5 Å². The van der Waals surface area contributed by atoms with Gasteiger partial charge in [-0.2, -0.15) is 17.6 Å². The number of carbonyl (C=O) groups is 2. The Labute approximate surface area is 172 Å². The lowest BCUT2D eigenvalue weighted by atomic mass is 10.1. The summed E-state index contributed by atoms with van der Waals surface area (Å²) in [6.07, 6.45) is -7.78. The van der Waals surface area contributed by atoms with Crippen molar-refractivity contribution in [3.8, 4) is 5.75 Å². The maximum Gasteiger partial charge on any atom is 0.461 e. The molecule has 3 rings (SSSR count). The van der Waals surface area contributed by atoms with Crippen LogP contribution in [-0.4, -0.2) is 41.9 Å². The van der Waals surface area contributed by atoms with Crippen molar-refractivity contribution in [1.29, 1.82) is 0 Å². The first-order chi connectivity index (χ1) is 14.1. The summed E-state index contributed by atoms with van der Waals surface area (Å²) in [5.74, 6) is -2.38. The van der Waals surface area contributed by atoms with Crippen molar-refractivity contribution in [2.45, 2.75) is 32.3 Å². The first kappa shape index (κ1) is 21.9. The zero-order valence-electron chi connectivity index (χ0n) is 15.4. The average molecular weight is 453 g/mol. The predicted molar refractivity (Wildman–Crippen MR) is 97.9 cm³/mol. The highest BCUT2D eigenvalue weighted by molar-refractivity contribution is 6.37. The molecular formula is C16H17ClF4N6O3. The molecule has 1 fully saturated rings. The molecule has 164 valence electrons. The number of benzene rings is 1. The second-order valence-corrected chi connectivity index (χ2v) is 6.76. The second kappa shape index (κ2) is 8.52. The number of anilines is 1. The van der Waals surface area contributed by atoms with Gasteiger partial charge in [0.1, 0.15) is 5.69 Å². The maximum atomic E-state index is 13.4. The molecule has 1 aromatic rings. The molecule has 1 saturated carbocycles. The predicted octanol–water partition coefficient (Wildman–Crippen LogP) is 2.27. The lowest BCUT2D eigenvalue weighted by Crippen LogP contribution is -2.47. The minimum absolute atomic E-state index is 0.103. The standard InChI is InChI=1S/C16H17ClF4N6O3/c1-2-27-15(24-25-26-27)23-13(29)8-5-6-9(30-16(20,21)14(18)19)11(10(8)17)22-12(28)7-3-4-7/h5-7,14,25-26H,2-4H2,1H3,(H,22,28)(H,23,24,29). The van der Waals surface area contributed by atoms with Crippen molar-refractivity contribution in [2.75, 3.05) is 11.9 Å². The number of carbonyl (C=O) groups excluding carboxylic acids is 2. The van der Waals surface area contributed by atoms with Gasteiger partial charge in [-0.3, -0.25) is 19.9 Å². The summed E-state index contributed by atoms with van der Waals surface area (Å²) >= 11 is 6.17. The van der Waals surface area contributed by atoms with Crippen molar-refractivity contribution < 1.29 is 31.9 Å². The molecule has 0 atom stereocenters. The van der Waals surface area contributed by atoms with Crippen LogP contribution < -0.4 is 26.4 Å². The molecule has 0 bridgehead atoms. The summed E-state index contributed by atoms with van der Waals surface area (Å²) in [6.45, 7) is 2.20. The van der Waals surface area contributed by atoms with Crippen LogP contribution in [0.1, 0.15) is 30.1 Å². The number of halogens is 5. The summed E-state index contributed by atoms with van der Waals surface area (Å²) in [4.78, 5) is 24.7. The first-order valence-corrected chi connectivity index (χ1v) is 9.17. The number of hydrazine groups is 2. The summed E-state index contributed by atoms with van der Waals surface area (Å²) in [5.41, 5.74) is 4.34. The number of guanidine groups is 1. The minimum atomic E-state index is -4.83. The van der Waals surface area contributed by atoms with Gasteiger partial charge in [0.2, 0.25) is 11.9 Å². The van der Waals surface area contributed by atoms with E-state index in [1.807, 2.05) is 0 Å². The van der Waals surface area contributed by atoms with E-state index >= 15 is 0 Å². The number of nitrogens with one attached hydrogen (secondary N) is 4. The quantitative estimate of drug-likeness (QED) is 0.473. The third kappa shape index (κ3) is 4.67. The van der Waals surface area contributed by atoms with Crippen LogP contribution in [0.4, 0.5) is 23.2 Å². The Morgan fingerprint density at radius 1 is 1.37 bits per heavy atom. The molecule has 1 aromatic carbocycles. The van der Waals surface area contributed by atoms with E-state index in [9.17, 15) is 27.2 Å². The molecule has 1 heterocycles. The molecule has 1 aliphatic heterocycles. The smallest absolute Gasteiger partial charge is 0.426 e. The highest BCUT2D eigenvalue weighted by Gasteiger charge is 2.45. The second-order valence-electron chi connectivity index (χ2n) is 6.39. The number of hydrazone groups is 1. The molecule has 1 aliphatic carbocycles. The average Bonchev–Trinajstić information content (AvgIpc) is 3.44. The van der Waals surface area contributed by atoms with E-state index in [-0.39, 0.29) is 17.4 Å². The van der Waals surface area contributed by atoms with Crippen LogP contribution in [0.2, 0.25) is 5.02 Å². The van der Waals surface area contributed by atoms with Crippen LogP contribution in [0.5, 0.6) is 5.75 Å². The van der Waals surface area contributed by atoms with E-state index in [0.29, 0.717) is 19.4 Å². The SMILES string of the molecule is CCN1NNN=C1NC(=O)c1ccc(OC(F)(F)C(F)F)c(NC(=O)C2CC2)c1Cl. The number of rotatable bonds is 7. The zero-order chi connectivity index (χ0) is 22.1.